The van der Waals surface area contributed by atoms with Crippen LogP contribution in [0.25, 0.3) is 0 Å². The van der Waals surface area contributed by atoms with Gasteiger partial charge in [0.2, 0.25) is 20.7 Å². The van der Waals surface area contributed by atoms with Crippen LogP contribution in [0.1, 0.15) is 44.2 Å². The van der Waals surface area contributed by atoms with E-state index in [2.05, 4.69) is 24.3 Å². The quantitative estimate of drug-likeness (QED) is 0.371. The summed E-state index contributed by atoms with van der Waals surface area (Å²) in [7, 11) is -4.04. The molecule has 10 heteroatoms. The number of rotatable bonds is 11. The molecular formula is C24H29N2O7S-. The van der Waals surface area contributed by atoms with Crippen LogP contribution in [0.4, 0.5) is 0 Å². The first-order valence-corrected chi connectivity index (χ1v) is 12.5. The SMILES string of the molecule is CC(C)Cc1ccc(C(C)C(=O)OCCCOC2=C(S(=O)(=O)c3ccccc3)NON2[O-])cc1. The van der Waals surface area contributed by atoms with Gasteiger partial charge in [0.25, 0.3) is 0 Å². The molecule has 1 heterocycles. The number of sulfone groups is 1. The van der Waals surface area contributed by atoms with Gasteiger partial charge < -0.3 is 14.7 Å². The summed E-state index contributed by atoms with van der Waals surface area (Å²) in [5, 5.41) is 11.3. The molecule has 0 saturated carbocycles. The molecule has 1 N–H and O–H groups in total. The molecule has 0 amide bonds. The van der Waals surface area contributed by atoms with Crippen LogP contribution in [0.3, 0.4) is 0 Å². The molecule has 0 aliphatic carbocycles. The van der Waals surface area contributed by atoms with E-state index in [1.54, 1.807) is 25.1 Å². The lowest BCUT2D eigenvalue weighted by molar-refractivity contribution is -0.147. The highest BCUT2D eigenvalue weighted by Crippen LogP contribution is 2.26. The fourth-order valence-corrected chi connectivity index (χ4v) is 4.59. The van der Waals surface area contributed by atoms with Crippen LogP contribution in [0.15, 0.2) is 70.4 Å². The van der Waals surface area contributed by atoms with Gasteiger partial charge in [-0.1, -0.05) is 56.3 Å². The minimum absolute atomic E-state index is 0.0161. The second-order valence-corrected chi connectivity index (χ2v) is 10.2. The van der Waals surface area contributed by atoms with Crippen LogP contribution in [0, 0.1) is 11.1 Å². The molecule has 3 rings (SSSR count). The fraction of sp³-hybridized carbons (Fsp3) is 0.375. The fourth-order valence-electron chi connectivity index (χ4n) is 3.33. The highest BCUT2D eigenvalue weighted by molar-refractivity contribution is 7.95. The van der Waals surface area contributed by atoms with Gasteiger partial charge in [0, 0.05) is 6.42 Å². The topological polar surface area (TPSA) is 117 Å². The summed E-state index contributed by atoms with van der Waals surface area (Å²) in [5.41, 5.74) is 4.18. The molecule has 1 unspecified atom stereocenters. The van der Waals surface area contributed by atoms with E-state index in [1.807, 2.05) is 24.3 Å². The van der Waals surface area contributed by atoms with Crippen LogP contribution in [-0.4, -0.2) is 32.8 Å². The maximum absolute atomic E-state index is 12.7. The monoisotopic (exact) mass is 489 g/mol. The molecule has 2 aromatic rings. The van der Waals surface area contributed by atoms with Gasteiger partial charge in [-0.15, -0.1) is 0 Å². The molecule has 1 atom stereocenters. The molecule has 0 bridgehead atoms. The Morgan fingerprint density at radius 2 is 1.74 bits per heavy atom. The first kappa shape index (κ1) is 25.5. The number of esters is 1. The summed E-state index contributed by atoms with van der Waals surface area (Å²) >= 11 is 0. The number of carbonyl (C=O) groups excluding carboxylic acids is 1. The number of nitrogens with one attached hydrogen (secondary N) is 1. The van der Waals surface area contributed by atoms with Gasteiger partial charge in [0.05, 0.1) is 24.0 Å². The summed E-state index contributed by atoms with van der Waals surface area (Å²) in [6.07, 6.45) is 1.23. The van der Waals surface area contributed by atoms with Crippen molar-refractivity contribution in [3.63, 3.8) is 0 Å². The van der Waals surface area contributed by atoms with Gasteiger partial charge in [-0.25, -0.2) is 13.9 Å². The molecule has 2 aromatic carbocycles. The van der Waals surface area contributed by atoms with E-state index < -0.39 is 26.7 Å². The smallest absolute Gasteiger partial charge is 0.313 e. The summed E-state index contributed by atoms with van der Waals surface area (Å²) < 4.78 is 36.1. The zero-order valence-electron chi connectivity index (χ0n) is 19.4. The molecule has 0 saturated heterocycles. The third kappa shape index (κ3) is 6.28. The zero-order valence-corrected chi connectivity index (χ0v) is 20.2. The minimum atomic E-state index is -4.04. The van der Waals surface area contributed by atoms with E-state index in [-0.39, 0.29) is 35.7 Å². The van der Waals surface area contributed by atoms with Gasteiger partial charge in [0.1, 0.15) is 0 Å². The van der Waals surface area contributed by atoms with Crippen molar-refractivity contribution in [1.82, 2.24) is 10.7 Å². The Balaban J connectivity index is 1.50. The van der Waals surface area contributed by atoms with Crippen molar-refractivity contribution in [1.29, 1.82) is 0 Å². The number of hydrogen-bond donors (Lipinski definition) is 1. The normalized spacial score (nSPS) is 14.8. The van der Waals surface area contributed by atoms with E-state index in [9.17, 15) is 18.4 Å². The molecular weight excluding hydrogens is 460 g/mol. The van der Waals surface area contributed by atoms with Crippen molar-refractivity contribution in [2.45, 2.75) is 44.4 Å². The molecule has 9 nitrogen and oxygen atoms in total. The second kappa shape index (κ2) is 11.4. The second-order valence-electron chi connectivity index (χ2n) is 8.33. The number of ether oxygens (including phenoxy) is 2. The van der Waals surface area contributed by atoms with Crippen molar-refractivity contribution in [2.24, 2.45) is 5.92 Å². The molecule has 1 aliphatic heterocycles. The zero-order chi connectivity index (χ0) is 24.7. The molecule has 0 fully saturated rings. The van der Waals surface area contributed by atoms with Gasteiger partial charge in [-0.05, 0) is 42.5 Å². The first-order valence-electron chi connectivity index (χ1n) is 11.0. The lowest BCUT2D eigenvalue weighted by atomic mass is 9.97. The number of benzene rings is 2. The Kier molecular flexibility index (Phi) is 8.54. The van der Waals surface area contributed by atoms with E-state index in [4.69, 9.17) is 9.47 Å². The minimum Gasteiger partial charge on any atom is -0.729 e. The molecule has 0 aromatic heterocycles. The largest absolute Gasteiger partial charge is 0.729 e. The van der Waals surface area contributed by atoms with Crippen LogP contribution < -0.4 is 5.48 Å². The van der Waals surface area contributed by atoms with Crippen LogP contribution in [0.2, 0.25) is 0 Å². The van der Waals surface area contributed by atoms with Crippen LogP contribution in [0.5, 0.6) is 0 Å². The lowest BCUT2D eigenvalue weighted by Gasteiger charge is -2.22. The Bertz CT molecular complexity index is 1100. The van der Waals surface area contributed by atoms with Gasteiger partial charge in [-0.3, -0.25) is 10.0 Å². The standard InChI is InChI=1S/C24H29N2O7S/c1-17(2)16-19-10-12-20(13-11-19)18(3)24(27)32-15-7-14-31-23-22(25-33-26(23)28)34(29,30)21-8-5-4-6-9-21/h4-6,8-13,17-18,25H,7,14-16H2,1-3H3/q-1. The maximum Gasteiger partial charge on any atom is 0.313 e. The molecule has 34 heavy (non-hydrogen) atoms. The van der Waals surface area contributed by atoms with E-state index >= 15 is 0 Å². The van der Waals surface area contributed by atoms with E-state index in [0.29, 0.717) is 5.92 Å². The average Bonchev–Trinajstić information content (AvgIpc) is 3.20. The van der Waals surface area contributed by atoms with Gasteiger partial charge in [-0.2, -0.15) is 4.94 Å². The summed E-state index contributed by atoms with van der Waals surface area (Å²) in [6, 6.07) is 15.5. The maximum atomic E-state index is 12.7. The number of nitrogens with zero attached hydrogens (tertiary/aromatic N) is 1. The van der Waals surface area contributed by atoms with E-state index in [1.165, 1.54) is 17.7 Å². The number of carbonyl (C=O) groups is 1. The van der Waals surface area contributed by atoms with Crippen molar-refractivity contribution in [3.05, 3.63) is 81.8 Å². The van der Waals surface area contributed by atoms with Crippen molar-refractivity contribution < 1.29 is 27.6 Å². The summed E-state index contributed by atoms with van der Waals surface area (Å²) in [6.45, 7) is 6.08. The third-order valence-corrected chi connectivity index (χ3v) is 6.84. The molecule has 184 valence electrons. The Labute approximate surface area is 199 Å². The highest BCUT2D eigenvalue weighted by atomic mass is 32.2. The van der Waals surface area contributed by atoms with Gasteiger partial charge in [0.15, 0.2) is 0 Å². The van der Waals surface area contributed by atoms with Crippen molar-refractivity contribution in [2.75, 3.05) is 13.2 Å². The predicted molar refractivity (Wildman–Crippen MR) is 125 cm³/mol. The Hall–Kier alpha value is -3.08. The summed E-state index contributed by atoms with van der Waals surface area (Å²) in [5.74, 6) is -0.755. The van der Waals surface area contributed by atoms with Crippen molar-refractivity contribution in [3.8, 4) is 0 Å². The molecule has 0 radical (unpaired) electrons. The van der Waals surface area contributed by atoms with Crippen LogP contribution >= 0.6 is 0 Å². The lowest BCUT2D eigenvalue weighted by Crippen LogP contribution is -2.17. The molecule has 1 aliphatic rings. The van der Waals surface area contributed by atoms with Gasteiger partial charge >= 0.3 is 5.97 Å². The first-order chi connectivity index (χ1) is 16.2. The Morgan fingerprint density at radius 1 is 1.06 bits per heavy atom. The highest BCUT2D eigenvalue weighted by Gasteiger charge is 2.32. The van der Waals surface area contributed by atoms with E-state index in [0.717, 1.165) is 12.0 Å². The number of hydroxylamine groups is 3. The Morgan fingerprint density at radius 3 is 2.38 bits per heavy atom. The predicted octanol–water partition coefficient (Wildman–Crippen LogP) is 3.79. The van der Waals surface area contributed by atoms with Crippen LogP contribution in [-0.2, 0) is 35.5 Å². The van der Waals surface area contributed by atoms with Crippen molar-refractivity contribution >= 4 is 15.8 Å². The summed E-state index contributed by atoms with van der Waals surface area (Å²) in [4.78, 5) is 16.9. The molecule has 0 spiro atoms. The average molecular weight is 490 g/mol. The third-order valence-electron chi connectivity index (χ3n) is 5.15. The number of hydrogen-bond acceptors (Lipinski definition) is 9.